The molecule has 0 saturated heterocycles. The number of nitrogens with one attached hydrogen (secondary N) is 1. The highest BCUT2D eigenvalue weighted by molar-refractivity contribution is 9.11. The fraction of sp³-hybridized carbons (Fsp3) is 0.143. The average Bonchev–Trinajstić information content (AvgIpc) is 2.86. The van der Waals surface area contributed by atoms with Gasteiger partial charge in [-0.05, 0) is 48.0 Å². The van der Waals surface area contributed by atoms with Crippen LogP contribution in [0.5, 0.6) is 5.75 Å². The van der Waals surface area contributed by atoms with E-state index in [4.69, 9.17) is 0 Å². The number of aromatic hydroxyl groups is 1. The highest BCUT2D eigenvalue weighted by Gasteiger charge is 2.11. The second-order valence-corrected chi connectivity index (χ2v) is 7.25. The van der Waals surface area contributed by atoms with Crippen molar-refractivity contribution >= 4 is 54.8 Å². The van der Waals surface area contributed by atoms with Crippen molar-refractivity contribution in [2.45, 2.75) is 13.8 Å². The SMILES string of the molecule is C/C(=N\NC(=O)c1csc(C)c1)c1cc(Br)cc(Br)c1O. The average molecular weight is 432 g/mol. The molecule has 0 bridgehead atoms. The molecule has 110 valence electrons. The molecule has 1 heterocycles. The van der Waals surface area contributed by atoms with E-state index in [2.05, 4.69) is 42.4 Å². The van der Waals surface area contributed by atoms with Crippen LogP contribution >= 0.6 is 43.2 Å². The number of hydrogen-bond donors (Lipinski definition) is 2. The zero-order chi connectivity index (χ0) is 15.6. The first-order valence-corrected chi connectivity index (χ1v) is 8.43. The Morgan fingerprint density at radius 1 is 1.33 bits per heavy atom. The minimum absolute atomic E-state index is 0.0834. The van der Waals surface area contributed by atoms with Gasteiger partial charge in [0.05, 0.1) is 15.7 Å². The van der Waals surface area contributed by atoms with E-state index in [-0.39, 0.29) is 11.7 Å². The van der Waals surface area contributed by atoms with Crippen molar-refractivity contribution in [1.29, 1.82) is 0 Å². The minimum atomic E-state index is -0.271. The molecule has 2 aromatic rings. The predicted octanol–water partition coefficient (Wildman–Crippen LogP) is 4.44. The number of phenols is 1. The molecule has 0 aliphatic carbocycles. The van der Waals surface area contributed by atoms with Gasteiger partial charge >= 0.3 is 0 Å². The third-order valence-corrected chi connectivity index (χ3v) is 4.66. The number of carbonyl (C=O) groups excluding carboxylic acids is 1. The van der Waals surface area contributed by atoms with Crippen molar-refractivity contribution in [2.24, 2.45) is 5.10 Å². The Kier molecular flexibility index (Phi) is 5.18. The van der Waals surface area contributed by atoms with Crippen molar-refractivity contribution < 1.29 is 9.90 Å². The standard InChI is InChI=1S/C14H12Br2N2O2S/c1-7-3-9(6-21-7)14(20)18-17-8(2)11-4-10(15)5-12(16)13(11)19/h3-6,19H,1-2H3,(H,18,20)/b17-8+. The number of nitrogens with zero attached hydrogens (tertiary/aromatic N) is 1. The molecule has 0 aliphatic rings. The molecule has 0 radical (unpaired) electrons. The van der Waals surface area contributed by atoms with Crippen LogP contribution in [0.2, 0.25) is 0 Å². The van der Waals surface area contributed by atoms with Gasteiger partial charge < -0.3 is 5.11 Å². The summed E-state index contributed by atoms with van der Waals surface area (Å²) in [5, 5.41) is 15.8. The van der Waals surface area contributed by atoms with Crippen LogP contribution in [0.25, 0.3) is 0 Å². The van der Waals surface area contributed by atoms with Gasteiger partial charge in [-0.15, -0.1) is 11.3 Å². The molecule has 4 nitrogen and oxygen atoms in total. The molecule has 2 rings (SSSR count). The molecule has 1 aromatic heterocycles. The number of benzene rings is 1. The maximum atomic E-state index is 11.9. The Balaban J connectivity index is 2.20. The predicted molar refractivity (Wildman–Crippen MR) is 92.2 cm³/mol. The van der Waals surface area contributed by atoms with Gasteiger partial charge in [0, 0.05) is 20.3 Å². The molecule has 0 spiro atoms. The van der Waals surface area contributed by atoms with Crippen LogP contribution in [0.3, 0.4) is 0 Å². The number of thiophene rings is 1. The van der Waals surface area contributed by atoms with Gasteiger partial charge in [-0.1, -0.05) is 15.9 Å². The zero-order valence-electron chi connectivity index (χ0n) is 11.3. The van der Waals surface area contributed by atoms with Gasteiger partial charge in [-0.2, -0.15) is 5.10 Å². The number of halogens is 2. The Labute approximate surface area is 143 Å². The van der Waals surface area contributed by atoms with Crippen molar-refractivity contribution in [3.63, 3.8) is 0 Å². The molecule has 1 amide bonds. The van der Waals surface area contributed by atoms with E-state index in [1.807, 2.05) is 6.92 Å². The molecular weight excluding hydrogens is 420 g/mol. The maximum absolute atomic E-state index is 11.9. The third kappa shape index (κ3) is 3.93. The first kappa shape index (κ1) is 16.2. The number of rotatable bonds is 3. The maximum Gasteiger partial charge on any atom is 0.272 e. The fourth-order valence-electron chi connectivity index (χ4n) is 1.66. The summed E-state index contributed by atoms with van der Waals surface area (Å²) in [6.07, 6.45) is 0. The number of phenolic OH excluding ortho intramolecular Hbond substituents is 1. The highest BCUT2D eigenvalue weighted by Crippen LogP contribution is 2.32. The first-order valence-electron chi connectivity index (χ1n) is 5.96. The van der Waals surface area contributed by atoms with E-state index in [0.29, 0.717) is 21.3 Å². The smallest absolute Gasteiger partial charge is 0.272 e. The summed E-state index contributed by atoms with van der Waals surface area (Å²) in [4.78, 5) is 13.0. The summed E-state index contributed by atoms with van der Waals surface area (Å²) in [5.74, 6) is -0.188. The van der Waals surface area contributed by atoms with Crippen LogP contribution in [0, 0.1) is 6.92 Å². The van der Waals surface area contributed by atoms with E-state index >= 15 is 0 Å². The summed E-state index contributed by atoms with van der Waals surface area (Å²) in [5.41, 5.74) is 4.12. The van der Waals surface area contributed by atoms with Crippen LogP contribution in [-0.2, 0) is 0 Å². The summed E-state index contributed by atoms with van der Waals surface area (Å²) in [7, 11) is 0. The van der Waals surface area contributed by atoms with E-state index in [9.17, 15) is 9.90 Å². The lowest BCUT2D eigenvalue weighted by atomic mass is 10.1. The topological polar surface area (TPSA) is 61.7 Å². The molecular formula is C14H12Br2N2O2S. The van der Waals surface area contributed by atoms with E-state index in [0.717, 1.165) is 9.35 Å². The van der Waals surface area contributed by atoms with Crippen LogP contribution < -0.4 is 5.43 Å². The van der Waals surface area contributed by atoms with E-state index < -0.39 is 0 Å². The second-order valence-electron chi connectivity index (χ2n) is 4.37. The molecule has 0 fully saturated rings. The van der Waals surface area contributed by atoms with Gasteiger partial charge in [0.25, 0.3) is 5.91 Å². The Hall–Kier alpha value is -1.18. The normalized spacial score (nSPS) is 11.5. The molecule has 21 heavy (non-hydrogen) atoms. The number of carbonyl (C=O) groups is 1. The minimum Gasteiger partial charge on any atom is -0.506 e. The quantitative estimate of drug-likeness (QED) is 0.557. The number of hydrazone groups is 1. The number of amides is 1. The van der Waals surface area contributed by atoms with Crippen molar-refractivity contribution in [1.82, 2.24) is 5.43 Å². The van der Waals surface area contributed by atoms with Gasteiger partial charge in [-0.3, -0.25) is 4.79 Å². The van der Waals surface area contributed by atoms with E-state index in [1.54, 1.807) is 30.5 Å². The largest absolute Gasteiger partial charge is 0.506 e. The third-order valence-electron chi connectivity index (χ3n) is 2.74. The lowest BCUT2D eigenvalue weighted by Crippen LogP contribution is -2.18. The first-order chi connectivity index (χ1) is 9.88. The van der Waals surface area contributed by atoms with Gasteiger partial charge in [-0.25, -0.2) is 5.43 Å². The second kappa shape index (κ2) is 6.72. The Bertz CT molecular complexity index is 726. The summed E-state index contributed by atoms with van der Waals surface area (Å²) in [6.45, 7) is 3.65. The molecule has 0 saturated carbocycles. The zero-order valence-corrected chi connectivity index (χ0v) is 15.3. The fourth-order valence-corrected chi connectivity index (χ4v) is 3.57. The summed E-state index contributed by atoms with van der Waals surface area (Å²) >= 11 is 8.12. The van der Waals surface area contributed by atoms with Crippen molar-refractivity contribution in [2.75, 3.05) is 0 Å². The monoisotopic (exact) mass is 430 g/mol. The Morgan fingerprint density at radius 3 is 2.67 bits per heavy atom. The van der Waals surface area contributed by atoms with Crippen molar-refractivity contribution in [3.8, 4) is 5.75 Å². The van der Waals surface area contributed by atoms with E-state index in [1.165, 1.54) is 11.3 Å². The summed E-state index contributed by atoms with van der Waals surface area (Å²) < 4.78 is 1.36. The van der Waals surface area contributed by atoms with Crippen LogP contribution in [0.4, 0.5) is 0 Å². The lowest BCUT2D eigenvalue weighted by Gasteiger charge is -2.07. The van der Waals surface area contributed by atoms with Crippen LogP contribution in [0.1, 0.15) is 27.7 Å². The lowest BCUT2D eigenvalue weighted by molar-refractivity contribution is 0.0955. The van der Waals surface area contributed by atoms with Crippen LogP contribution in [0.15, 0.2) is 37.6 Å². The number of aryl methyl sites for hydroxylation is 1. The number of hydrogen-bond acceptors (Lipinski definition) is 4. The summed E-state index contributed by atoms with van der Waals surface area (Å²) in [6, 6.07) is 5.27. The van der Waals surface area contributed by atoms with Gasteiger partial charge in [0.1, 0.15) is 5.75 Å². The Morgan fingerprint density at radius 2 is 2.05 bits per heavy atom. The highest BCUT2D eigenvalue weighted by atomic mass is 79.9. The molecule has 7 heteroatoms. The molecule has 2 N–H and O–H groups in total. The molecule has 1 aromatic carbocycles. The van der Waals surface area contributed by atoms with Crippen LogP contribution in [-0.4, -0.2) is 16.7 Å². The molecule has 0 atom stereocenters. The molecule has 0 aliphatic heterocycles. The molecule has 0 unspecified atom stereocenters. The van der Waals surface area contributed by atoms with Gasteiger partial charge in [0.2, 0.25) is 0 Å². The van der Waals surface area contributed by atoms with Crippen molar-refractivity contribution in [3.05, 3.63) is 48.5 Å². The van der Waals surface area contributed by atoms with Gasteiger partial charge in [0.15, 0.2) is 0 Å².